The zero-order chi connectivity index (χ0) is 15.8. The van der Waals surface area contributed by atoms with Gasteiger partial charge in [-0.15, -0.1) is 0 Å². The molecule has 6 nitrogen and oxygen atoms in total. The summed E-state index contributed by atoms with van der Waals surface area (Å²) in [4.78, 5) is 16.2. The molecule has 0 fully saturated rings. The van der Waals surface area contributed by atoms with Crippen molar-refractivity contribution in [2.24, 2.45) is 4.99 Å². The number of aromatic hydroxyl groups is 1. The van der Waals surface area contributed by atoms with Gasteiger partial charge in [-0.2, -0.15) is 0 Å². The van der Waals surface area contributed by atoms with Crippen LogP contribution in [0.3, 0.4) is 0 Å². The lowest BCUT2D eigenvalue weighted by atomic mass is 10.1. The maximum Gasteiger partial charge on any atom is 0.348 e. The van der Waals surface area contributed by atoms with Gasteiger partial charge >= 0.3 is 5.63 Å². The van der Waals surface area contributed by atoms with Crippen molar-refractivity contribution in [3.8, 4) is 17.2 Å². The van der Waals surface area contributed by atoms with E-state index in [1.165, 1.54) is 6.21 Å². The van der Waals surface area contributed by atoms with E-state index in [-0.39, 0.29) is 18.1 Å². The Morgan fingerprint density at radius 3 is 2.83 bits per heavy atom. The van der Waals surface area contributed by atoms with Crippen LogP contribution in [0.4, 0.5) is 5.69 Å². The first-order valence-electron chi connectivity index (χ1n) is 6.91. The van der Waals surface area contributed by atoms with E-state index in [0.717, 1.165) is 0 Å². The number of hydrogen-bond donors (Lipinski definition) is 1. The summed E-state index contributed by atoms with van der Waals surface area (Å²) in [5.74, 6) is 1.09. The molecule has 0 unspecified atom stereocenters. The third-order valence-electron chi connectivity index (χ3n) is 3.52. The van der Waals surface area contributed by atoms with Gasteiger partial charge in [0.2, 0.25) is 6.79 Å². The van der Waals surface area contributed by atoms with Crippen LogP contribution in [0.1, 0.15) is 5.56 Å². The lowest BCUT2D eigenvalue weighted by Gasteiger charge is -2.02. The highest BCUT2D eigenvalue weighted by atomic mass is 16.7. The van der Waals surface area contributed by atoms with E-state index in [4.69, 9.17) is 13.9 Å². The van der Waals surface area contributed by atoms with Crippen molar-refractivity contribution >= 4 is 22.9 Å². The van der Waals surface area contributed by atoms with Crippen LogP contribution in [0.5, 0.6) is 17.2 Å². The quantitative estimate of drug-likeness (QED) is 0.581. The fourth-order valence-electron chi connectivity index (χ4n) is 2.37. The van der Waals surface area contributed by atoms with Crippen molar-refractivity contribution in [1.29, 1.82) is 0 Å². The van der Waals surface area contributed by atoms with Crippen LogP contribution >= 0.6 is 0 Å². The topological polar surface area (TPSA) is 81.3 Å². The molecule has 0 amide bonds. The molecule has 1 aliphatic rings. The first-order valence-corrected chi connectivity index (χ1v) is 6.91. The first-order chi connectivity index (χ1) is 11.2. The monoisotopic (exact) mass is 309 g/mol. The minimum Gasteiger partial charge on any atom is -0.506 e. The third-order valence-corrected chi connectivity index (χ3v) is 3.52. The van der Waals surface area contributed by atoms with Gasteiger partial charge in [-0.3, -0.25) is 4.99 Å². The summed E-state index contributed by atoms with van der Waals surface area (Å²) in [6, 6.07) is 11.9. The smallest absolute Gasteiger partial charge is 0.348 e. The summed E-state index contributed by atoms with van der Waals surface area (Å²) in [5, 5.41) is 10.7. The number of nitrogens with zero attached hydrogens (tertiary/aromatic N) is 1. The number of para-hydroxylation sites is 1. The minimum atomic E-state index is -0.648. The molecule has 0 atom stereocenters. The average Bonchev–Trinajstić information content (AvgIpc) is 3.02. The summed E-state index contributed by atoms with van der Waals surface area (Å²) in [6.45, 7) is 0.178. The zero-order valence-corrected chi connectivity index (χ0v) is 11.9. The molecule has 4 rings (SSSR count). The van der Waals surface area contributed by atoms with Gasteiger partial charge in [0, 0.05) is 12.3 Å². The van der Waals surface area contributed by atoms with Crippen molar-refractivity contribution in [2.45, 2.75) is 0 Å². The van der Waals surface area contributed by atoms with Crippen LogP contribution in [-0.4, -0.2) is 18.1 Å². The Labute approximate surface area is 130 Å². The molecule has 23 heavy (non-hydrogen) atoms. The van der Waals surface area contributed by atoms with E-state index >= 15 is 0 Å². The number of aliphatic imine (C=N–C) groups is 1. The molecular weight excluding hydrogens is 298 g/mol. The van der Waals surface area contributed by atoms with Crippen molar-refractivity contribution in [3.05, 3.63) is 58.4 Å². The van der Waals surface area contributed by atoms with Crippen molar-refractivity contribution in [1.82, 2.24) is 0 Å². The summed E-state index contributed by atoms with van der Waals surface area (Å²) in [7, 11) is 0. The standard InChI is InChI=1S/C17H11NO5/c19-16-11-3-1-2-4-13(11)23-17(20)12(16)8-18-10-5-6-14-15(7-10)22-9-21-14/h1-8,19H,9H2. The molecule has 0 saturated carbocycles. The third kappa shape index (κ3) is 2.30. The Bertz CT molecular complexity index is 990. The van der Waals surface area contributed by atoms with E-state index in [9.17, 15) is 9.90 Å². The van der Waals surface area contributed by atoms with Gasteiger partial charge in [0.05, 0.1) is 11.1 Å². The van der Waals surface area contributed by atoms with E-state index in [1.807, 2.05) is 0 Å². The molecule has 1 N–H and O–H groups in total. The first kappa shape index (κ1) is 13.4. The zero-order valence-electron chi connectivity index (χ0n) is 11.9. The normalized spacial score (nSPS) is 13.0. The Balaban J connectivity index is 1.76. The molecule has 1 aliphatic heterocycles. The summed E-state index contributed by atoms with van der Waals surface area (Å²) >= 11 is 0. The molecule has 0 saturated heterocycles. The Hall–Kier alpha value is -3.28. The van der Waals surface area contributed by atoms with Gasteiger partial charge < -0.3 is 19.0 Å². The second-order valence-corrected chi connectivity index (χ2v) is 4.94. The molecule has 0 bridgehead atoms. The lowest BCUT2D eigenvalue weighted by Crippen LogP contribution is -2.06. The maximum atomic E-state index is 12.0. The molecule has 6 heteroatoms. The molecular formula is C17H11NO5. The fourth-order valence-corrected chi connectivity index (χ4v) is 2.37. The van der Waals surface area contributed by atoms with Crippen LogP contribution in [0.25, 0.3) is 11.0 Å². The van der Waals surface area contributed by atoms with E-state index in [2.05, 4.69) is 4.99 Å². The number of ether oxygens (including phenoxy) is 2. The molecule has 3 aromatic rings. The van der Waals surface area contributed by atoms with Crippen LogP contribution < -0.4 is 15.1 Å². The molecule has 0 aliphatic carbocycles. The van der Waals surface area contributed by atoms with Gasteiger partial charge in [-0.1, -0.05) is 12.1 Å². The lowest BCUT2D eigenvalue weighted by molar-refractivity contribution is 0.174. The van der Waals surface area contributed by atoms with E-state index in [0.29, 0.717) is 28.2 Å². The molecule has 1 aromatic heterocycles. The van der Waals surface area contributed by atoms with Gasteiger partial charge in [0.25, 0.3) is 0 Å². The number of hydrogen-bond acceptors (Lipinski definition) is 6. The average molecular weight is 309 g/mol. The Morgan fingerprint density at radius 2 is 1.91 bits per heavy atom. The number of rotatable bonds is 2. The van der Waals surface area contributed by atoms with E-state index < -0.39 is 5.63 Å². The number of fused-ring (bicyclic) bond motifs is 2. The van der Waals surface area contributed by atoms with Crippen LogP contribution in [0.15, 0.2) is 56.7 Å². The molecule has 2 aromatic carbocycles. The van der Waals surface area contributed by atoms with Crippen molar-refractivity contribution < 1.29 is 19.0 Å². The van der Waals surface area contributed by atoms with Gasteiger partial charge in [-0.05, 0) is 24.3 Å². The van der Waals surface area contributed by atoms with Gasteiger partial charge in [0.1, 0.15) is 16.9 Å². The molecule has 0 spiro atoms. The van der Waals surface area contributed by atoms with Gasteiger partial charge in [0.15, 0.2) is 11.5 Å². The minimum absolute atomic E-state index is 0.00127. The highest BCUT2D eigenvalue weighted by molar-refractivity contribution is 5.94. The number of benzene rings is 2. The largest absolute Gasteiger partial charge is 0.506 e. The summed E-state index contributed by atoms with van der Waals surface area (Å²) in [5.41, 5.74) is 0.253. The maximum absolute atomic E-state index is 12.0. The SMILES string of the molecule is O=c1oc2ccccc2c(O)c1C=Nc1ccc2c(c1)OCO2. The Morgan fingerprint density at radius 1 is 1.09 bits per heavy atom. The second kappa shape index (κ2) is 5.17. The van der Waals surface area contributed by atoms with Crippen molar-refractivity contribution in [3.63, 3.8) is 0 Å². The summed E-state index contributed by atoms with van der Waals surface area (Å²) in [6.07, 6.45) is 1.28. The van der Waals surface area contributed by atoms with Crippen LogP contribution in [0, 0.1) is 0 Å². The highest BCUT2D eigenvalue weighted by Gasteiger charge is 2.14. The van der Waals surface area contributed by atoms with Gasteiger partial charge in [-0.25, -0.2) is 4.79 Å². The highest BCUT2D eigenvalue weighted by Crippen LogP contribution is 2.35. The Kier molecular flexibility index (Phi) is 3.01. The van der Waals surface area contributed by atoms with E-state index in [1.54, 1.807) is 42.5 Å². The van der Waals surface area contributed by atoms with Crippen molar-refractivity contribution in [2.75, 3.05) is 6.79 Å². The predicted molar refractivity (Wildman–Crippen MR) is 84.0 cm³/mol. The molecule has 114 valence electrons. The van der Waals surface area contributed by atoms with Crippen LogP contribution in [0.2, 0.25) is 0 Å². The predicted octanol–water partition coefficient (Wildman–Crippen LogP) is 2.98. The molecule has 0 radical (unpaired) electrons. The van der Waals surface area contributed by atoms with Crippen LogP contribution in [-0.2, 0) is 0 Å². The second-order valence-electron chi connectivity index (χ2n) is 4.94. The molecule has 2 heterocycles. The fraction of sp³-hybridized carbons (Fsp3) is 0.0588. The summed E-state index contributed by atoms with van der Waals surface area (Å²) < 4.78 is 15.7.